The van der Waals surface area contributed by atoms with Gasteiger partial charge in [-0.25, -0.2) is 13.1 Å². The van der Waals surface area contributed by atoms with Crippen LogP contribution in [0.25, 0.3) is 0 Å². The zero-order valence-corrected chi connectivity index (χ0v) is 11.1. The highest BCUT2D eigenvalue weighted by atomic mass is 32.2. The van der Waals surface area contributed by atoms with Crippen molar-refractivity contribution < 1.29 is 13.2 Å². The van der Waals surface area contributed by atoms with Gasteiger partial charge in [0.25, 0.3) is 0 Å². The third-order valence-corrected chi connectivity index (χ3v) is 5.26. The van der Waals surface area contributed by atoms with Gasteiger partial charge in [0.15, 0.2) is 0 Å². The normalized spacial score (nSPS) is 29.3. The van der Waals surface area contributed by atoms with Gasteiger partial charge in [-0.05, 0) is 31.4 Å². The zero-order chi connectivity index (χ0) is 13.5. The van der Waals surface area contributed by atoms with Crippen molar-refractivity contribution in [2.45, 2.75) is 42.4 Å². The largest absolute Gasteiger partial charge is 0.373 e. The monoisotopic (exact) mass is 278 g/mol. The van der Waals surface area contributed by atoms with E-state index in [0.717, 1.165) is 19.3 Å². The maximum Gasteiger partial charge on any atom is 0.242 e. The molecular weight excluding hydrogens is 264 g/mol. The third kappa shape index (κ3) is 2.25. The molecule has 3 atom stereocenters. The van der Waals surface area contributed by atoms with E-state index in [0.29, 0.717) is 0 Å². The minimum atomic E-state index is -3.66. The van der Waals surface area contributed by atoms with Crippen LogP contribution in [-0.2, 0) is 14.8 Å². The number of rotatable bonds is 3. The summed E-state index contributed by atoms with van der Waals surface area (Å²) in [7, 11) is -3.66. The Morgan fingerprint density at radius 3 is 2.74 bits per heavy atom. The lowest BCUT2D eigenvalue weighted by Gasteiger charge is -2.20. The molecule has 2 bridgehead atoms. The summed E-state index contributed by atoms with van der Waals surface area (Å²) in [5.41, 5.74) is 0.166. The summed E-state index contributed by atoms with van der Waals surface area (Å²) < 4.78 is 33.0. The van der Waals surface area contributed by atoms with Crippen molar-refractivity contribution in [2.75, 3.05) is 0 Å². The van der Waals surface area contributed by atoms with Crippen molar-refractivity contribution >= 4 is 10.0 Å². The fraction of sp³-hybridized carbons (Fsp3) is 0.462. The van der Waals surface area contributed by atoms with Gasteiger partial charge in [-0.2, -0.15) is 5.26 Å². The van der Waals surface area contributed by atoms with Gasteiger partial charge in [-0.1, -0.05) is 12.1 Å². The molecule has 5 nitrogen and oxygen atoms in total. The predicted octanol–water partition coefficient (Wildman–Crippen LogP) is 1.16. The highest BCUT2D eigenvalue weighted by Crippen LogP contribution is 2.35. The second-order valence-corrected chi connectivity index (χ2v) is 6.63. The van der Waals surface area contributed by atoms with Crippen molar-refractivity contribution in [1.82, 2.24) is 4.72 Å². The molecule has 6 heteroatoms. The summed E-state index contributed by atoms with van der Waals surface area (Å²) in [6.45, 7) is 0. The summed E-state index contributed by atoms with van der Waals surface area (Å²) in [6.07, 6.45) is 2.80. The first-order chi connectivity index (χ1) is 9.10. The van der Waals surface area contributed by atoms with Crippen LogP contribution in [0.3, 0.4) is 0 Å². The quantitative estimate of drug-likeness (QED) is 0.899. The van der Waals surface area contributed by atoms with Gasteiger partial charge in [0.1, 0.15) is 6.07 Å². The molecule has 2 aliphatic rings. The molecule has 1 aromatic carbocycles. The summed E-state index contributed by atoms with van der Waals surface area (Å²) in [5.74, 6) is 0. The van der Waals surface area contributed by atoms with E-state index < -0.39 is 10.0 Å². The fourth-order valence-corrected chi connectivity index (χ4v) is 4.25. The van der Waals surface area contributed by atoms with Crippen LogP contribution in [-0.4, -0.2) is 26.7 Å². The number of hydrogen-bond donors (Lipinski definition) is 1. The number of fused-ring (bicyclic) bond motifs is 2. The van der Waals surface area contributed by atoms with Crippen LogP contribution < -0.4 is 4.72 Å². The molecule has 0 aliphatic carbocycles. The maximum absolute atomic E-state index is 12.3. The van der Waals surface area contributed by atoms with Crippen LogP contribution >= 0.6 is 0 Å². The highest BCUT2D eigenvalue weighted by molar-refractivity contribution is 7.89. The molecule has 2 saturated heterocycles. The average molecular weight is 278 g/mol. The molecule has 0 saturated carbocycles. The molecule has 19 heavy (non-hydrogen) atoms. The number of nitrogens with zero attached hydrogens (tertiary/aromatic N) is 1. The van der Waals surface area contributed by atoms with E-state index in [2.05, 4.69) is 4.72 Å². The van der Waals surface area contributed by atoms with E-state index in [1.54, 1.807) is 12.1 Å². The SMILES string of the molecule is N#Cc1ccccc1S(=O)(=O)NC1CC2CCC1O2. The second-order valence-electron chi connectivity index (χ2n) is 4.95. The molecule has 0 amide bonds. The molecule has 0 spiro atoms. The Labute approximate surface area is 112 Å². The van der Waals surface area contributed by atoms with Crippen LogP contribution in [0.15, 0.2) is 29.2 Å². The number of hydrogen-bond acceptors (Lipinski definition) is 4. The molecule has 2 aliphatic heterocycles. The molecule has 0 aromatic heterocycles. The molecular formula is C13H14N2O3S. The second kappa shape index (κ2) is 4.60. The van der Waals surface area contributed by atoms with E-state index in [-0.39, 0.29) is 28.7 Å². The minimum absolute atomic E-state index is 0.0194. The predicted molar refractivity (Wildman–Crippen MR) is 67.8 cm³/mol. The van der Waals surface area contributed by atoms with Crippen LogP contribution in [0.5, 0.6) is 0 Å². The van der Waals surface area contributed by atoms with Gasteiger partial charge < -0.3 is 4.74 Å². The van der Waals surface area contributed by atoms with E-state index in [1.165, 1.54) is 12.1 Å². The third-order valence-electron chi connectivity index (χ3n) is 3.71. The van der Waals surface area contributed by atoms with Gasteiger partial charge in [0.05, 0.1) is 28.7 Å². The smallest absolute Gasteiger partial charge is 0.242 e. The maximum atomic E-state index is 12.3. The standard InChI is InChI=1S/C13H14N2O3S/c14-8-9-3-1-2-4-13(9)19(16,17)15-11-7-10-5-6-12(11)18-10/h1-4,10-12,15H,5-7H2. The first-order valence-corrected chi connectivity index (χ1v) is 7.75. The number of benzene rings is 1. The molecule has 0 radical (unpaired) electrons. The lowest BCUT2D eigenvalue weighted by Crippen LogP contribution is -2.41. The molecule has 2 heterocycles. The van der Waals surface area contributed by atoms with Gasteiger partial charge in [0.2, 0.25) is 10.0 Å². The van der Waals surface area contributed by atoms with Crippen molar-refractivity contribution in [3.8, 4) is 6.07 Å². The molecule has 1 aromatic rings. The van der Waals surface area contributed by atoms with E-state index in [1.807, 2.05) is 6.07 Å². The number of nitrogens with one attached hydrogen (secondary N) is 1. The lowest BCUT2D eigenvalue weighted by atomic mass is 9.96. The fourth-order valence-electron chi connectivity index (χ4n) is 2.82. The first-order valence-electron chi connectivity index (χ1n) is 6.27. The Balaban J connectivity index is 1.85. The Kier molecular flexibility index (Phi) is 3.05. The Morgan fingerprint density at radius 1 is 1.32 bits per heavy atom. The zero-order valence-electron chi connectivity index (χ0n) is 10.2. The summed E-state index contributed by atoms with van der Waals surface area (Å²) in [6, 6.07) is 7.97. The van der Waals surface area contributed by atoms with Crippen LogP contribution in [0, 0.1) is 11.3 Å². The number of ether oxygens (including phenoxy) is 1. The van der Waals surface area contributed by atoms with Crippen molar-refractivity contribution in [2.24, 2.45) is 0 Å². The van der Waals surface area contributed by atoms with Crippen LogP contribution in [0.1, 0.15) is 24.8 Å². The molecule has 2 fully saturated rings. The lowest BCUT2D eigenvalue weighted by molar-refractivity contribution is 0.0996. The van der Waals surface area contributed by atoms with E-state index in [4.69, 9.17) is 10.00 Å². The van der Waals surface area contributed by atoms with E-state index in [9.17, 15) is 8.42 Å². The van der Waals surface area contributed by atoms with Crippen molar-refractivity contribution in [1.29, 1.82) is 5.26 Å². The number of nitriles is 1. The van der Waals surface area contributed by atoms with Crippen LogP contribution in [0.2, 0.25) is 0 Å². The summed E-state index contributed by atoms with van der Waals surface area (Å²) >= 11 is 0. The van der Waals surface area contributed by atoms with Crippen LogP contribution in [0.4, 0.5) is 0 Å². The Hall–Kier alpha value is -1.42. The number of sulfonamides is 1. The van der Waals surface area contributed by atoms with Crippen molar-refractivity contribution in [3.05, 3.63) is 29.8 Å². The molecule has 3 unspecified atom stereocenters. The summed E-state index contributed by atoms with van der Waals surface area (Å²) in [4.78, 5) is 0.0419. The highest BCUT2D eigenvalue weighted by Gasteiger charge is 2.42. The van der Waals surface area contributed by atoms with E-state index >= 15 is 0 Å². The summed E-state index contributed by atoms with van der Waals surface area (Å²) in [5, 5.41) is 8.98. The topological polar surface area (TPSA) is 79.2 Å². The van der Waals surface area contributed by atoms with Crippen molar-refractivity contribution in [3.63, 3.8) is 0 Å². The van der Waals surface area contributed by atoms with Gasteiger partial charge in [-0.15, -0.1) is 0 Å². The van der Waals surface area contributed by atoms with Gasteiger partial charge in [0, 0.05) is 0 Å². The van der Waals surface area contributed by atoms with Gasteiger partial charge in [-0.3, -0.25) is 0 Å². The molecule has 1 N–H and O–H groups in total. The minimum Gasteiger partial charge on any atom is -0.373 e. The molecule has 100 valence electrons. The Bertz CT molecular complexity index is 636. The molecule has 3 rings (SSSR count). The van der Waals surface area contributed by atoms with Gasteiger partial charge >= 0.3 is 0 Å². The first kappa shape index (κ1) is 12.6. The Morgan fingerprint density at radius 2 is 2.11 bits per heavy atom. The average Bonchev–Trinajstić information content (AvgIpc) is 3.00.